The van der Waals surface area contributed by atoms with E-state index in [4.69, 9.17) is 0 Å². The van der Waals surface area contributed by atoms with Crippen LogP contribution in [0.3, 0.4) is 0 Å². The molecule has 2 atom stereocenters. The fourth-order valence-corrected chi connectivity index (χ4v) is 3.58. The highest BCUT2D eigenvalue weighted by Gasteiger charge is 2.32. The Balaban J connectivity index is 1.92. The van der Waals surface area contributed by atoms with Gasteiger partial charge in [-0.3, -0.25) is 4.79 Å². The molecule has 0 aliphatic heterocycles. The van der Waals surface area contributed by atoms with Gasteiger partial charge in [0.2, 0.25) is 0 Å². The van der Waals surface area contributed by atoms with E-state index in [0.717, 1.165) is 25.0 Å². The molecule has 1 fully saturated rings. The number of rotatable bonds is 4. The molecule has 0 bridgehead atoms. The van der Waals surface area contributed by atoms with Crippen LogP contribution in [0.4, 0.5) is 0 Å². The zero-order chi connectivity index (χ0) is 11.4. The van der Waals surface area contributed by atoms with Crippen molar-refractivity contribution in [2.24, 2.45) is 11.8 Å². The molecule has 0 saturated heterocycles. The van der Waals surface area contributed by atoms with Crippen molar-refractivity contribution in [3.8, 4) is 0 Å². The average Bonchev–Trinajstić information content (AvgIpc) is 2.69. The zero-order valence-electron chi connectivity index (χ0n) is 9.69. The summed E-state index contributed by atoms with van der Waals surface area (Å²) in [6.07, 6.45) is 3.06. The molecule has 0 N–H and O–H groups in total. The van der Waals surface area contributed by atoms with Gasteiger partial charge in [-0.2, -0.15) is 0 Å². The van der Waals surface area contributed by atoms with Crippen LogP contribution in [0.1, 0.15) is 26.2 Å². The van der Waals surface area contributed by atoms with Gasteiger partial charge in [-0.15, -0.1) is 11.8 Å². The second kappa shape index (κ2) is 5.53. The Morgan fingerprint density at radius 2 is 2.06 bits per heavy atom. The first-order chi connectivity index (χ1) is 7.81. The van der Waals surface area contributed by atoms with Crippen LogP contribution in [0.2, 0.25) is 0 Å². The van der Waals surface area contributed by atoms with E-state index >= 15 is 0 Å². The third-order valence-corrected chi connectivity index (χ3v) is 4.57. The van der Waals surface area contributed by atoms with Gasteiger partial charge in [-0.05, 0) is 24.5 Å². The summed E-state index contributed by atoms with van der Waals surface area (Å²) in [4.78, 5) is 13.0. The van der Waals surface area contributed by atoms with Crippen LogP contribution in [-0.4, -0.2) is 11.5 Å². The number of thioether (sulfide) groups is 1. The van der Waals surface area contributed by atoms with E-state index in [1.165, 1.54) is 4.90 Å². The van der Waals surface area contributed by atoms with Crippen LogP contribution in [0.15, 0.2) is 35.2 Å². The Morgan fingerprint density at radius 1 is 1.31 bits per heavy atom. The van der Waals surface area contributed by atoms with Crippen molar-refractivity contribution in [2.75, 3.05) is 5.75 Å². The van der Waals surface area contributed by atoms with Gasteiger partial charge in [0.25, 0.3) is 0 Å². The third kappa shape index (κ3) is 2.67. The highest BCUT2D eigenvalue weighted by atomic mass is 32.2. The summed E-state index contributed by atoms with van der Waals surface area (Å²) in [5.74, 6) is 2.37. The first-order valence-corrected chi connectivity index (χ1v) is 7.00. The molecule has 1 aliphatic carbocycles. The van der Waals surface area contributed by atoms with Gasteiger partial charge >= 0.3 is 0 Å². The van der Waals surface area contributed by atoms with E-state index in [2.05, 4.69) is 31.2 Å². The standard InChI is InChI=1S/C14H18OS/c1-2-11-8-9-14(15)13(11)10-16-12-6-4-3-5-7-12/h3-7,11,13H,2,8-10H2,1H3/t11-,13+/m0/s1. The van der Waals surface area contributed by atoms with Crippen LogP contribution >= 0.6 is 11.8 Å². The fraction of sp³-hybridized carbons (Fsp3) is 0.500. The molecule has 1 saturated carbocycles. The summed E-state index contributed by atoms with van der Waals surface area (Å²) >= 11 is 1.82. The highest BCUT2D eigenvalue weighted by molar-refractivity contribution is 7.99. The fourth-order valence-electron chi connectivity index (χ4n) is 2.40. The lowest BCUT2D eigenvalue weighted by Crippen LogP contribution is -2.16. The maximum absolute atomic E-state index is 11.8. The summed E-state index contributed by atoms with van der Waals surface area (Å²) in [7, 11) is 0. The third-order valence-electron chi connectivity index (χ3n) is 3.44. The molecular formula is C14H18OS. The Morgan fingerprint density at radius 3 is 2.75 bits per heavy atom. The van der Waals surface area contributed by atoms with E-state index in [1.807, 2.05) is 17.8 Å². The Kier molecular flexibility index (Phi) is 4.05. The molecular weight excluding hydrogens is 216 g/mol. The van der Waals surface area contributed by atoms with E-state index in [0.29, 0.717) is 17.6 Å². The lowest BCUT2D eigenvalue weighted by molar-refractivity contribution is -0.120. The van der Waals surface area contributed by atoms with Crippen molar-refractivity contribution < 1.29 is 4.79 Å². The van der Waals surface area contributed by atoms with Crippen LogP contribution in [0.5, 0.6) is 0 Å². The van der Waals surface area contributed by atoms with Gasteiger partial charge in [-0.25, -0.2) is 0 Å². The lowest BCUT2D eigenvalue weighted by atomic mass is 9.95. The van der Waals surface area contributed by atoms with E-state index in [1.54, 1.807) is 0 Å². The molecule has 16 heavy (non-hydrogen) atoms. The van der Waals surface area contributed by atoms with Gasteiger partial charge in [0, 0.05) is 23.0 Å². The van der Waals surface area contributed by atoms with Crippen LogP contribution in [-0.2, 0) is 4.79 Å². The maximum atomic E-state index is 11.8. The number of benzene rings is 1. The molecule has 1 aliphatic rings. The summed E-state index contributed by atoms with van der Waals surface area (Å²) in [6, 6.07) is 10.4. The molecule has 1 aromatic carbocycles. The number of Topliss-reactive ketones (excluding diaryl/α,β-unsaturated/α-hetero) is 1. The maximum Gasteiger partial charge on any atom is 0.137 e. The lowest BCUT2D eigenvalue weighted by Gasteiger charge is -2.15. The topological polar surface area (TPSA) is 17.1 Å². The Hall–Kier alpha value is -0.760. The van der Waals surface area contributed by atoms with E-state index < -0.39 is 0 Å². The van der Waals surface area contributed by atoms with Crippen molar-refractivity contribution in [1.82, 2.24) is 0 Å². The number of hydrogen-bond donors (Lipinski definition) is 0. The van der Waals surface area contributed by atoms with E-state index in [-0.39, 0.29) is 0 Å². The van der Waals surface area contributed by atoms with Crippen molar-refractivity contribution >= 4 is 17.5 Å². The van der Waals surface area contributed by atoms with Gasteiger partial charge < -0.3 is 0 Å². The Bertz CT molecular complexity index is 347. The van der Waals surface area contributed by atoms with Crippen molar-refractivity contribution in [2.45, 2.75) is 31.1 Å². The summed E-state index contributed by atoms with van der Waals surface area (Å²) < 4.78 is 0. The number of carbonyl (C=O) groups excluding carboxylic acids is 1. The molecule has 1 aromatic rings. The van der Waals surface area contributed by atoms with Crippen LogP contribution in [0, 0.1) is 11.8 Å². The molecule has 1 nitrogen and oxygen atoms in total. The molecule has 86 valence electrons. The smallest absolute Gasteiger partial charge is 0.137 e. The molecule has 0 aromatic heterocycles. The van der Waals surface area contributed by atoms with Gasteiger partial charge in [0.15, 0.2) is 0 Å². The SMILES string of the molecule is CC[C@H]1CCC(=O)[C@@H]1CSc1ccccc1. The quantitative estimate of drug-likeness (QED) is 0.737. The van der Waals surface area contributed by atoms with Gasteiger partial charge in [0.1, 0.15) is 5.78 Å². The number of ketones is 1. The predicted octanol–water partition coefficient (Wildman–Crippen LogP) is 3.78. The highest BCUT2D eigenvalue weighted by Crippen LogP contribution is 2.35. The minimum absolute atomic E-state index is 0.301. The molecule has 2 rings (SSSR count). The molecule has 2 heteroatoms. The second-order valence-corrected chi connectivity index (χ2v) is 5.50. The molecule has 0 radical (unpaired) electrons. The van der Waals surface area contributed by atoms with Crippen LogP contribution < -0.4 is 0 Å². The minimum atomic E-state index is 0.301. The Labute approximate surface area is 102 Å². The van der Waals surface area contributed by atoms with E-state index in [9.17, 15) is 4.79 Å². The first-order valence-electron chi connectivity index (χ1n) is 6.02. The summed E-state index contributed by atoms with van der Waals surface area (Å²) in [6.45, 7) is 2.20. The molecule has 0 heterocycles. The molecule has 0 unspecified atom stereocenters. The van der Waals surface area contributed by atoms with Crippen molar-refractivity contribution in [1.29, 1.82) is 0 Å². The largest absolute Gasteiger partial charge is 0.299 e. The van der Waals surface area contributed by atoms with Crippen molar-refractivity contribution in [3.63, 3.8) is 0 Å². The number of hydrogen-bond acceptors (Lipinski definition) is 2. The molecule has 0 spiro atoms. The number of carbonyl (C=O) groups is 1. The predicted molar refractivity (Wildman–Crippen MR) is 68.7 cm³/mol. The second-order valence-electron chi connectivity index (χ2n) is 4.40. The van der Waals surface area contributed by atoms with Crippen molar-refractivity contribution in [3.05, 3.63) is 30.3 Å². The minimum Gasteiger partial charge on any atom is -0.299 e. The van der Waals surface area contributed by atoms with Crippen LogP contribution in [0.25, 0.3) is 0 Å². The average molecular weight is 234 g/mol. The summed E-state index contributed by atoms with van der Waals surface area (Å²) in [5.41, 5.74) is 0. The molecule has 0 amide bonds. The monoisotopic (exact) mass is 234 g/mol. The zero-order valence-corrected chi connectivity index (χ0v) is 10.5. The first kappa shape index (κ1) is 11.7. The van der Waals surface area contributed by atoms with Gasteiger partial charge in [-0.1, -0.05) is 31.5 Å². The van der Waals surface area contributed by atoms with Gasteiger partial charge in [0.05, 0.1) is 0 Å². The summed E-state index contributed by atoms with van der Waals surface area (Å²) in [5, 5.41) is 0. The normalized spacial score (nSPS) is 24.9.